The summed E-state index contributed by atoms with van der Waals surface area (Å²) in [6.07, 6.45) is 5.69. The van der Waals surface area contributed by atoms with Crippen LogP contribution in [0, 0.1) is 6.57 Å². The van der Waals surface area contributed by atoms with Crippen LogP contribution in [0.15, 0.2) is 48.6 Å². The number of benzene rings is 2. The molecule has 1 saturated carbocycles. The SMILES string of the molecule is [C-]#[N+]C[C@H]1CN(c2nc(OCCOC3CC3)nc3c2CCN(c2cccc4cccc(Cl)c24)C3)CCN1C(=O)/C=C/CF. The smallest absolute Gasteiger partial charge is 0.318 e. The zero-order valence-corrected chi connectivity index (χ0v) is 24.7. The van der Waals surface area contributed by atoms with Gasteiger partial charge in [-0.05, 0) is 42.9 Å². The van der Waals surface area contributed by atoms with Gasteiger partial charge in [-0.1, -0.05) is 35.9 Å². The first-order valence-corrected chi connectivity index (χ1v) is 15.1. The summed E-state index contributed by atoms with van der Waals surface area (Å²) < 4.78 is 24.5. The summed E-state index contributed by atoms with van der Waals surface area (Å²) in [6.45, 7) is 10.4. The summed E-state index contributed by atoms with van der Waals surface area (Å²) in [5.74, 6) is 0.500. The van der Waals surface area contributed by atoms with Gasteiger partial charge in [-0.3, -0.25) is 4.79 Å². The number of rotatable bonds is 10. The highest BCUT2D eigenvalue weighted by atomic mass is 35.5. The molecule has 0 N–H and O–H groups in total. The van der Waals surface area contributed by atoms with Crippen molar-refractivity contribution in [1.29, 1.82) is 0 Å². The van der Waals surface area contributed by atoms with Gasteiger partial charge in [-0.2, -0.15) is 9.97 Å². The van der Waals surface area contributed by atoms with E-state index < -0.39 is 6.67 Å². The van der Waals surface area contributed by atoms with Gasteiger partial charge in [-0.25, -0.2) is 11.0 Å². The van der Waals surface area contributed by atoms with Crippen molar-refractivity contribution in [3.63, 3.8) is 0 Å². The second-order valence-corrected chi connectivity index (χ2v) is 11.4. The van der Waals surface area contributed by atoms with Crippen LogP contribution in [0.5, 0.6) is 6.01 Å². The van der Waals surface area contributed by atoms with Crippen LogP contribution in [0.3, 0.4) is 0 Å². The molecule has 1 atom stereocenters. The van der Waals surface area contributed by atoms with Gasteiger partial charge in [0.25, 0.3) is 0 Å². The first kappa shape index (κ1) is 29.1. The van der Waals surface area contributed by atoms with Crippen LogP contribution in [0.1, 0.15) is 24.1 Å². The maximum Gasteiger partial charge on any atom is 0.318 e. The van der Waals surface area contributed by atoms with E-state index in [1.807, 2.05) is 18.2 Å². The fourth-order valence-corrected chi connectivity index (χ4v) is 6.16. The first-order valence-electron chi connectivity index (χ1n) is 14.7. The number of alkyl halides is 1. The van der Waals surface area contributed by atoms with Crippen molar-refractivity contribution in [3.8, 4) is 6.01 Å². The second-order valence-electron chi connectivity index (χ2n) is 11.0. The van der Waals surface area contributed by atoms with Crippen LogP contribution in [0.2, 0.25) is 5.02 Å². The van der Waals surface area contributed by atoms with Gasteiger partial charge < -0.3 is 29.0 Å². The number of aromatic nitrogens is 2. The minimum atomic E-state index is -0.706. The van der Waals surface area contributed by atoms with Crippen molar-refractivity contribution in [3.05, 3.63) is 76.2 Å². The summed E-state index contributed by atoms with van der Waals surface area (Å²) in [6, 6.07) is 12.1. The molecule has 224 valence electrons. The summed E-state index contributed by atoms with van der Waals surface area (Å²) in [5, 5.41) is 2.81. The van der Waals surface area contributed by atoms with Crippen LogP contribution >= 0.6 is 11.6 Å². The largest absolute Gasteiger partial charge is 0.461 e. The number of amides is 1. The Balaban J connectivity index is 1.29. The van der Waals surface area contributed by atoms with Crippen molar-refractivity contribution >= 4 is 39.8 Å². The Morgan fingerprint density at radius 1 is 1.12 bits per heavy atom. The molecule has 2 fully saturated rings. The molecule has 0 radical (unpaired) electrons. The zero-order chi connectivity index (χ0) is 29.8. The predicted molar refractivity (Wildman–Crippen MR) is 165 cm³/mol. The second kappa shape index (κ2) is 13.1. The summed E-state index contributed by atoms with van der Waals surface area (Å²) in [5.41, 5.74) is 2.98. The summed E-state index contributed by atoms with van der Waals surface area (Å²) in [4.78, 5) is 32.2. The van der Waals surface area contributed by atoms with E-state index in [-0.39, 0.29) is 24.5 Å². The Labute approximate surface area is 255 Å². The van der Waals surface area contributed by atoms with Gasteiger partial charge in [0, 0.05) is 48.9 Å². The fourth-order valence-electron chi connectivity index (χ4n) is 5.88. The lowest BCUT2D eigenvalue weighted by atomic mass is 10.0. The highest BCUT2D eigenvalue weighted by molar-refractivity contribution is 6.36. The first-order chi connectivity index (χ1) is 21.1. The lowest BCUT2D eigenvalue weighted by molar-refractivity contribution is -0.128. The van der Waals surface area contributed by atoms with Crippen molar-refractivity contribution in [2.45, 2.75) is 38.0 Å². The quantitative estimate of drug-likeness (QED) is 0.186. The maximum absolute atomic E-state index is 12.7. The molecule has 2 aromatic carbocycles. The monoisotopic (exact) mass is 604 g/mol. The predicted octanol–water partition coefficient (Wildman–Crippen LogP) is 4.87. The van der Waals surface area contributed by atoms with Gasteiger partial charge >= 0.3 is 6.01 Å². The molecule has 3 heterocycles. The Hall–Kier alpha value is -3.94. The molecule has 11 heteroatoms. The van der Waals surface area contributed by atoms with Crippen LogP contribution < -0.4 is 14.5 Å². The Bertz CT molecular complexity index is 1550. The van der Waals surface area contributed by atoms with Crippen LogP contribution in [0.4, 0.5) is 15.9 Å². The van der Waals surface area contributed by atoms with Crippen molar-refractivity contribution in [2.24, 2.45) is 0 Å². The van der Waals surface area contributed by atoms with E-state index in [4.69, 9.17) is 37.6 Å². The van der Waals surface area contributed by atoms with E-state index in [9.17, 15) is 9.18 Å². The maximum atomic E-state index is 12.7. The molecule has 3 aromatic rings. The number of carbonyl (C=O) groups excluding carboxylic acids is 1. The Morgan fingerprint density at radius 2 is 1.95 bits per heavy atom. The van der Waals surface area contributed by atoms with E-state index in [0.29, 0.717) is 56.9 Å². The number of anilines is 2. The highest BCUT2D eigenvalue weighted by Crippen LogP contribution is 2.37. The third-order valence-corrected chi connectivity index (χ3v) is 8.42. The topological polar surface area (TPSA) is 75.4 Å². The van der Waals surface area contributed by atoms with E-state index in [1.54, 1.807) is 4.90 Å². The van der Waals surface area contributed by atoms with Gasteiger partial charge in [0.15, 0.2) is 0 Å². The third kappa shape index (κ3) is 6.53. The number of hydrogen-bond acceptors (Lipinski definition) is 7. The molecular weight excluding hydrogens is 571 g/mol. The molecule has 1 aromatic heterocycles. The minimum Gasteiger partial charge on any atom is -0.461 e. The van der Waals surface area contributed by atoms with Gasteiger partial charge in [-0.15, -0.1) is 0 Å². The minimum absolute atomic E-state index is 0.149. The van der Waals surface area contributed by atoms with E-state index in [1.165, 1.54) is 12.2 Å². The number of allylic oxidation sites excluding steroid dienone is 1. The number of hydrogen-bond donors (Lipinski definition) is 0. The number of ether oxygens (including phenoxy) is 2. The average Bonchev–Trinajstić information content (AvgIpc) is 3.86. The molecule has 1 aliphatic carbocycles. The van der Waals surface area contributed by atoms with Crippen LogP contribution in [0.25, 0.3) is 15.6 Å². The van der Waals surface area contributed by atoms with Crippen LogP contribution in [-0.2, 0) is 22.5 Å². The molecule has 0 bridgehead atoms. The molecular formula is C32H34ClFN6O3. The molecule has 1 amide bonds. The fraction of sp³-hybridized carbons (Fsp3) is 0.438. The standard InChI is InChI=1S/C32H34ClFN6O3/c1-35-19-23-20-39(15-16-40(23)29(41)9-4-13-34)31-25-12-14-38(28-8-3-6-22-5-2-7-26(33)30(22)28)21-27(25)36-32(37-31)43-18-17-42-24-10-11-24/h2-9,23-24H,10-21H2/b9-4+/t23-/m0/s1. The number of carbonyl (C=O) groups is 1. The van der Waals surface area contributed by atoms with Gasteiger partial charge in [0.05, 0.1) is 30.0 Å². The molecule has 2 aliphatic heterocycles. The number of nitrogens with zero attached hydrogens (tertiary/aromatic N) is 6. The molecule has 0 spiro atoms. The van der Waals surface area contributed by atoms with Crippen LogP contribution in [-0.4, -0.2) is 85.5 Å². The zero-order valence-electron chi connectivity index (χ0n) is 23.9. The molecule has 1 saturated heterocycles. The van der Waals surface area contributed by atoms with Crippen molar-refractivity contribution in [1.82, 2.24) is 14.9 Å². The lowest BCUT2D eigenvalue weighted by Gasteiger charge is -2.41. The Morgan fingerprint density at radius 3 is 2.74 bits per heavy atom. The molecule has 3 aliphatic rings. The van der Waals surface area contributed by atoms with E-state index in [0.717, 1.165) is 52.9 Å². The van der Waals surface area contributed by atoms with Crippen molar-refractivity contribution in [2.75, 3.05) is 62.4 Å². The van der Waals surface area contributed by atoms with Gasteiger partial charge in [0.1, 0.15) is 25.1 Å². The number of piperazine rings is 1. The molecule has 6 rings (SSSR count). The average molecular weight is 605 g/mol. The molecule has 0 unspecified atom stereocenters. The van der Waals surface area contributed by atoms with Gasteiger partial charge in [0.2, 0.25) is 12.5 Å². The lowest BCUT2D eigenvalue weighted by Crippen LogP contribution is -2.56. The van der Waals surface area contributed by atoms with Crippen molar-refractivity contribution < 1.29 is 18.7 Å². The number of fused-ring (bicyclic) bond motifs is 2. The summed E-state index contributed by atoms with van der Waals surface area (Å²) in [7, 11) is 0. The normalized spacial score (nSPS) is 18.6. The van der Waals surface area contributed by atoms with E-state index in [2.05, 4.69) is 32.8 Å². The molecule has 9 nitrogen and oxygen atoms in total. The highest BCUT2D eigenvalue weighted by Gasteiger charge is 2.35. The van der Waals surface area contributed by atoms with E-state index >= 15 is 0 Å². The summed E-state index contributed by atoms with van der Waals surface area (Å²) >= 11 is 6.67. The third-order valence-electron chi connectivity index (χ3n) is 8.10. The number of halogens is 2. The molecule has 43 heavy (non-hydrogen) atoms. The Kier molecular flexibility index (Phi) is 8.91.